The number of aromatic nitrogens is 3. The van der Waals surface area contributed by atoms with Crippen molar-refractivity contribution in [2.75, 3.05) is 0 Å². The molecule has 3 aromatic heterocycles. The second kappa shape index (κ2) is 5.95. The lowest BCUT2D eigenvalue weighted by atomic mass is 10.3. The molecule has 0 amide bonds. The van der Waals surface area contributed by atoms with E-state index in [9.17, 15) is 0 Å². The summed E-state index contributed by atoms with van der Waals surface area (Å²) >= 11 is 3.50. The summed E-state index contributed by atoms with van der Waals surface area (Å²) in [5.74, 6) is 0. The Labute approximate surface area is 151 Å². The Morgan fingerprint density at radius 3 is 2.48 bits per heavy atom. The summed E-state index contributed by atoms with van der Waals surface area (Å²) in [4.78, 5) is 8.11. The number of nitrogens with zero attached hydrogens (tertiary/aromatic N) is 2. The lowest BCUT2D eigenvalue weighted by molar-refractivity contribution is -0.493. The van der Waals surface area contributed by atoms with Crippen LogP contribution in [0, 0.1) is 5.49 Å². The average molecular weight is 360 g/mol. The van der Waals surface area contributed by atoms with Gasteiger partial charge in [-0.25, -0.2) is 9.97 Å². The van der Waals surface area contributed by atoms with Crippen LogP contribution in [0.5, 0.6) is 0 Å². The Morgan fingerprint density at radius 2 is 1.64 bits per heavy atom. The van der Waals surface area contributed by atoms with Gasteiger partial charge in [0.2, 0.25) is 0 Å². The maximum Gasteiger partial charge on any atom is 0.285 e. The molecule has 1 N–H and O–H groups in total. The highest BCUT2D eigenvalue weighted by atomic mass is 32.1. The zero-order valence-corrected chi connectivity index (χ0v) is 14.8. The van der Waals surface area contributed by atoms with Crippen LogP contribution in [-0.2, 0) is 0 Å². The molecule has 0 fully saturated rings. The zero-order chi connectivity index (χ0) is 16.6. The van der Waals surface area contributed by atoms with Crippen molar-refractivity contribution in [3.05, 3.63) is 88.1 Å². The second-order valence-electron chi connectivity index (χ2n) is 5.66. The van der Waals surface area contributed by atoms with Crippen LogP contribution in [0.1, 0.15) is 5.01 Å². The van der Waals surface area contributed by atoms with E-state index < -0.39 is 0 Å². The van der Waals surface area contributed by atoms with Crippen LogP contribution in [-0.4, -0.2) is 9.97 Å². The van der Waals surface area contributed by atoms with Crippen LogP contribution in [0.2, 0.25) is 0 Å². The van der Waals surface area contributed by atoms with Gasteiger partial charge in [-0.05, 0) is 30.3 Å². The summed E-state index contributed by atoms with van der Waals surface area (Å²) < 4.78 is 5.88. The van der Waals surface area contributed by atoms with Gasteiger partial charge in [0.25, 0.3) is 5.49 Å². The fraction of sp³-hybridized carbons (Fsp3) is 0. The van der Waals surface area contributed by atoms with Gasteiger partial charge in [-0.1, -0.05) is 41.7 Å². The Hall–Kier alpha value is -2.76. The van der Waals surface area contributed by atoms with Crippen LogP contribution in [0.15, 0.2) is 72.9 Å². The van der Waals surface area contributed by atoms with E-state index >= 15 is 0 Å². The van der Waals surface area contributed by atoms with Gasteiger partial charge in [0.15, 0.2) is 10.2 Å². The number of aromatic amines is 1. The average Bonchev–Trinajstić information content (AvgIpc) is 3.22. The van der Waals surface area contributed by atoms with Crippen LogP contribution in [0.3, 0.4) is 0 Å². The molecule has 0 bridgehead atoms. The minimum Gasteiger partial charge on any atom is -0.247 e. The molecule has 0 radical (unpaired) electrons. The highest BCUT2D eigenvalue weighted by Crippen LogP contribution is 2.22. The largest absolute Gasteiger partial charge is 0.285 e. The summed E-state index contributed by atoms with van der Waals surface area (Å²) in [5.41, 5.74) is 3.30. The van der Waals surface area contributed by atoms with E-state index in [0.717, 1.165) is 20.7 Å². The molecular weight excluding hydrogens is 346 g/mol. The molecule has 2 aromatic carbocycles. The third kappa shape index (κ3) is 2.58. The van der Waals surface area contributed by atoms with Gasteiger partial charge in [-0.2, -0.15) is 4.24 Å². The fourth-order valence-electron chi connectivity index (χ4n) is 2.93. The molecule has 3 nitrogen and oxygen atoms in total. The van der Waals surface area contributed by atoms with Gasteiger partial charge >= 0.3 is 0 Å². The number of nitrogens with one attached hydrogen (secondary N) is 1. The van der Waals surface area contributed by atoms with Crippen molar-refractivity contribution in [1.82, 2.24) is 9.97 Å². The molecule has 5 aromatic rings. The smallest absolute Gasteiger partial charge is 0.247 e. The van der Waals surface area contributed by atoms with Crippen molar-refractivity contribution in [3.63, 3.8) is 0 Å². The van der Waals surface area contributed by atoms with Crippen molar-refractivity contribution < 1.29 is 4.24 Å². The van der Waals surface area contributed by atoms with E-state index in [2.05, 4.69) is 63.8 Å². The van der Waals surface area contributed by atoms with Crippen molar-refractivity contribution >= 4 is 49.2 Å². The summed E-state index contributed by atoms with van der Waals surface area (Å²) in [6.45, 7) is 0. The van der Waals surface area contributed by atoms with E-state index in [4.69, 9.17) is 4.98 Å². The van der Waals surface area contributed by atoms with E-state index in [1.54, 1.807) is 22.7 Å². The minimum absolute atomic E-state index is 1.03. The molecule has 5 rings (SSSR count). The number of para-hydroxylation sites is 2. The molecular formula is C20H14N3S2+. The molecule has 0 atom stereocenters. The predicted octanol–water partition coefficient (Wildman–Crippen LogP) is 4.04. The van der Waals surface area contributed by atoms with Crippen molar-refractivity contribution in [1.29, 1.82) is 0 Å². The molecule has 0 unspecified atom stereocenters. The molecule has 3 heterocycles. The van der Waals surface area contributed by atoms with Crippen molar-refractivity contribution in [3.8, 4) is 0 Å². The first-order chi connectivity index (χ1) is 12.4. The highest BCUT2D eigenvalue weighted by Gasteiger charge is 2.08. The van der Waals surface area contributed by atoms with Crippen molar-refractivity contribution in [2.24, 2.45) is 0 Å². The summed E-state index contributed by atoms with van der Waals surface area (Å²) in [5, 5.41) is 1.03. The number of benzene rings is 2. The monoisotopic (exact) mass is 360 g/mol. The topological polar surface area (TPSA) is 34.6 Å². The highest BCUT2D eigenvalue weighted by molar-refractivity contribution is 7.19. The Kier molecular flexibility index (Phi) is 3.47. The number of thiazole rings is 2. The first-order valence-electron chi connectivity index (χ1n) is 7.99. The van der Waals surface area contributed by atoms with E-state index in [0.29, 0.717) is 0 Å². The Bertz CT molecular complexity index is 1310. The summed E-state index contributed by atoms with van der Waals surface area (Å²) in [7, 11) is 0. The van der Waals surface area contributed by atoms with Crippen LogP contribution in [0.25, 0.3) is 26.5 Å². The van der Waals surface area contributed by atoms with Crippen LogP contribution in [0.4, 0.5) is 0 Å². The quantitative estimate of drug-likeness (QED) is 0.450. The van der Waals surface area contributed by atoms with E-state index in [1.165, 1.54) is 14.9 Å². The van der Waals surface area contributed by atoms with Gasteiger partial charge in [-0.15, -0.1) is 11.3 Å². The van der Waals surface area contributed by atoms with Crippen molar-refractivity contribution in [2.45, 2.75) is 0 Å². The molecule has 5 heteroatoms. The normalized spacial score (nSPS) is 13.7. The lowest BCUT2D eigenvalue weighted by Crippen LogP contribution is -2.34. The SMILES string of the molecule is C(c1nc2ccccc2s1)=c1sc2ccccc2[n+]1=c1cccc[nH]1. The predicted molar refractivity (Wildman–Crippen MR) is 104 cm³/mol. The van der Waals surface area contributed by atoms with Crippen LogP contribution < -0.4 is 8.91 Å². The maximum absolute atomic E-state index is 4.76. The van der Waals surface area contributed by atoms with Gasteiger partial charge in [-0.3, -0.25) is 0 Å². The number of hydrogen-bond donors (Lipinski definition) is 1. The molecule has 0 saturated heterocycles. The van der Waals surface area contributed by atoms with Gasteiger partial charge in [0.1, 0.15) is 5.01 Å². The minimum atomic E-state index is 1.03. The first-order valence-corrected chi connectivity index (χ1v) is 9.63. The van der Waals surface area contributed by atoms with E-state index in [1.807, 2.05) is 24.4 Å². The molecule has 0 aliphatic heterocycles. The number of fused-ring (bicyclic) bond motifs is 2. The Morgan fingerprint density at radius 1 is 0.840 bits per heavy atom. The number of rotatable bonds is 1. The van der Waals surface area contributed by atoms with Gasteiger partial charge in [0, 0.05) is 12.1 Å². The van der Waals surface area contributed by atoms with Crippen LogP contribution >= 0.6 is 22.7 Å². The number of pyridine rings is 1. The fourth-order valence-corrected chi connectivity index (χ4v) is 5.00. The zero-order valence-electron chi connectivity index (χ0n) is 13.2. The molecule has 120 valence electrons. The molecule has 0 aliphatic carbocycles. The van der Waals surface area contributed by atoms with Gasteiger partial charge in [0.05, 0.1) is 21.1 Å². The Balaban J connectivity index is 1.91. The number of hydrogen-bond acceptors (Lipinski definition) is 3. The third-order valence-electron chi connectivity index (χ3n) is 4.03. The third-order valence-corrected chi connectivity index (χ3v) is 6.09. The van der Waals surface area contributed by atoms with E-state index in [-0.39, 0.29) is 0 Å². The summed E-state index contributed by atoms with van der Waals surface area (Å²) in [6, 6.07) is 22.9. The second-order valence-corrected chi connectivity index (χ2v) is 7.78. The first kappa shape index (κ1) is 14.6. The molecule has 0 saturated carbocycles. The maximum atomic E-state index is 4.76. The molecule has 25 heavy (non-hydrogen) atoms. The standard InChI is InChI=1S/C20H13N3S2/c1-3-9-16-14(7-1)22-19(24-16)13-20-23(18-11-5-6-12-21-18)15-8-2-4-10-17(15)25-20/h1-13H/p+1. The summed E-state index contributed by atoms with van der Waals surface area (Å²) in [6.07, 6.45) is 4.13. The van der Waals surface area contributed by atoms with Gasteiger partial charge < -0.3 is 0 Å². The molecule has 0 aliphatic rings. The molecule has 0 spiro atoms. The number of H-pyrrole nitrogens is 1. The lowest BCUT2D eigenvalue weighted by Gasteiger charge is -1.85.